The molecule has 0 unspecified atom stereocenters. The van der Waals surface area contributed by atoms with E-state index in [0.717, 1.165) is 11.3 Å². The van der Waals surface area contributed by atoms with Gasteiger partial charge >= 0.3 is 5.97 Å². The van der Waals surface area contributed by atoms with Crippen LogP contribution in [0.3, 0.4) is 0 Å². The van der Waals surface area contributed by atoms with E-state index in [2.05, 4.69) is 0 Å². The highest BCUT2D eigenvalue weighted by molar-refractivity contribution is 7.07. The molecule has 1 aromatic carbocycles. The van der Waals surface area contributed by atoms with Crippen molar-refractivity contribution >= 4 is 23.4 Å². The number of para-hydroxylation sites is 1. The summed E-state index contributed by atoms with van der Waals surface area (Å²) in [6, 6.07) is 10.5. The maximum atomic E-state index is 13.4. The third-order valence-electron chi connectivity index (χ3n) is 5.45. The van der Waals surface area contributed by atoms with Crippen molar-refractivity contribution in [2.24, 2.45) is 10.9 Å². The first-order chi connectivity index (χ1) is 14.4. The second kappa shape index (κ2) is 6.70. The lowest BCUT2D eigenvalue weighted by atomic mass is 9.81. The van der Waals surface area contributed by atoms with Gasteiger partial charge < -0.3 is 13.9 Å². The van der Waals surface area contributed by atoms with Crippen LogP contribution < -0.4 is 19.6 Å². The number of aryl methyl sites for hydroxylation is 1. The number of carbonyl (C=O) groups is 1. The van der Waals surface area contributed by atoms with Gasteiger partial charge in [0.05, 0.1) is 17.2 Å². The second-order valence-electron chi connectivity index (χ2n) is 7.50. The molecule has 3 aromatic rings. The molecule has 0 aliphatic carbocycles. The summed E-state index contributed by atoms with van der Waals surface area (Å²) in [6.45, 7) is 5.61. The molecule has 3 atom stereocenters. The number of hydrogen-bond acceptors (Lipinski definition) is 7. The number of furan rings is 1. The summed E-state index contributed by atoms with van der Waals surface area (Å²) in [5.41, 5.74) is -0.614. The highest BCUT2D eigenvalue weighted by atomic mass is 32.1. The average molecular weight is 424 g/mol. The van der Waals surface area contributed by atoms with Crippen molar-refractivity contribution in [1.82, 2.24) is 4.57 Å². The Labute approximate surface area is 175 Å². The molecule has 5 rings (SSSR count). The van der Waals surface area contributed by atoms with Gasteiger partial charge in [0.15, 0.2) is 4.80 Å². The molecule has 7 nitrogen and oxygen atoms in total. The van der Waals surface area contributed by atoms with Crippen LogP contribution in [0.25, 0.3) is 6.08 Å². The fourth-order valence-electron chi connectivity index (χ4n) is 4.20. The predicted octanol–water partition coefficient (Wildman–Crippen LogP) is 2.15. The molecular weight excluding hydrogens is 404 g/mol. The van der Waals surface area contributed by atoms with Crippen LogP contribution >= 0.6 is 11.3 Å². The highest BCUT2D eigenvalue weighted by Crippen LogP contribution is 2.47. The Kier molecular flexibility index (Phi) is 4.21. The van der Waals surface area contributed by atoms with E-state index < -0.39 is 23.7 Å². The van der Waals surface area contributed by atoms with Crippen LogP contribution in [-0.2, 0) is 9.53 Å². The van der Waals surface area contributed by atoms with Crippen molar-refractivity contribution < 1.29 is 18.7 Å². The first kappa shape index (κ1) is 18.9. The van der Waals surface area contributed by atoms with Crippen LogP contribution in [0.1, 0.15) is 37.0 Å². The predicted molar refractivity (Wildman–Crippen MR) is 110 cm³/mol. The fraction of sp³-hybridized carbons (Fsp3) is 0.318. The molecule has 4 heterocycles. The van der Waals surface area contributed by atoms with Gasteiger partial charge in [-0.15, -0.1) is 0 Å². The second-order valence-corrected chi connectivity index (χ2v) is 8.51. The molecule has 154 valence electrons. The largest absolute Gasteiger partial charge is 0.466 e. The quantitative estimate of drug-likeness (QED) is 0.602. The molecule has 8 heteroatoms. The Morgan fingerprint density at radius 2 is 2.13 bits per heavy atom. The van der Waals surface area contributed by atoms with Crippen LogP contribution in [0.5, 0.6) is 5.75 Å². The van der Waals surface area contributed by atoms with E-state index >= 15 is 0 Å². The van der Waals surface area contributed by atoms with Crippen molar-refractivity contribution in [3.8, 4) is 5.75 Å². The lowest BCUT2D eigenvalue weighted by molar-refractivity contribution is -0.160. The number of thiazole rings is 1. The fourth-order valence-corrected chi connectivity index (χ4v) is 5.28. The van der Waals surface area contributed by atoms with Crippen LogP contribution in [0.15, 0.2) is 50.6 Å². The third kappa shape index (κ3) is 2.74. The Morgan fingerprint density at radius 3 is 2.87 bits per heavy atom. The highest BCUT2D eigenvalue weighted by Gasteiger charge is 2.55. The molecule has 0 fully saturated rings. The molecule has 2 aromatic heterocycles. The van der Waals surface area contributed by atoms with E-state index in [4.69, 9.17) is 18.9 Å². The average Bonchev–Trinajstić information content (AvgIpc) is 3.23. The lowest BCUT2D eigenvalue weighted by Gasteiger charge is -2.44. The number of nitrogens with zero attached hydrogens (tertiary/aromatic N) is 2. The zero-order chi connectivity index (χ0) is 21.0. The van der Waals surface area contributed by atoms with Gasteiger partial charge in [-0.2, -0.15) is 0 Å². The third-order valence-corrected chi connectivity index (χ3v) is 6.44. The molecule has 0 saturated heterocycles. The number of rotatable bonds is 3. The topological polar surface area (TPSA) is 83.0 Å². The molecule has 2 aliphatic rings. The normalized spacial score (nSPS) is 24.4. The zero-order valence-corrected chi connectivity index (χ0v) is 17.6. The minimum absolute atomic E-state index is 0.217. The number of ether oxygens (including phenoxy) is 2. The van der Waals surface area contributed by atoms with E-state index in [1.165, 1.54) is 11.3 Å². The van der Waals surface area contributed by atoms with Gasteiger partial charge in [0.1, 0.15) is 23.2 Å². The van der Waals surface area contributed by atoms with E-state index in [1.807, 2.05) is 43.3 Å². The van der Waals surface area contributed by atoms with Crippen molar-refractivity contribution in [1.29, 1.82) is 0 Å². The first-order valence-electron chi connectivity index (χ1n) is 9.75. The lowest BCUT2D eigenvalue weighted by Crippen LogP contribution is -2.58. The Morgan fingerprint density at radius 1 is 1.33 bits per heavy atom. The zero-order valence-electron chi connectivity index (χ0n) is 16.7. The van der Waals surface area contributed by atoms with Crippen LogP contribution in [0.2, 0.25) is 0 Å². The summed E-state index contributed by atoms with van der Waals surface area (Å²) in [7, 11) is 0. The molecule has 0 spiro atoms. The number of fused-ring (bicyclic) bond motifs is 6. The van der Waals surface area contributed by atoms with Gasteiger partial charge in [0.2, 0.25) is 5.72 Å². The van der Waals surface area contributed by atoms with Crippen LogP contribution in [0.4, 0.5) is 0 Å². The van der Waals surface area contributed by atoms with Gasteiger partial charge in [0, 0.05) is 11.6 Å². The standard InChI is InChI=1S/C22H20N2O5S/c1-4-27-20(26)17-18-14-7-5-6-8-15(14)29-22(17,3)23-21-24(18)19(25)16(30-21)11-13-10-9-12(2)28-13/h5-11,17-18H,4H2,1-3H3/b16-11+/t17-,18-,22-/m0/s1. The van der Waals surface area contributed by atoms with Crippen molar-refractivity contribution in [3.63, 3.8) is 0 Å². The van der Waals surface area contributed by atoms with Crippen LogP contribution in [0, 0.1) is 12.8 Å². The van der Waals surface area contributed by atoms with Gasteiger partial charge in [-0.3, -0.25) is 14.2 Å². The molecule has 0 saturated carbocycles. The Bertz CT molecular complexity index is 1330. The SMILES string of the molecule is CCOC(=O)[C@@H]1[C@@H]2c3ccccc3O[C@]1(C)N=c1s/c(=C/c3ccc(C)o3)c(=O)n12. The maximum Gasteiger partial charge on any atom is 0.317 e. The molecular formula is C22H20N2O5S. The Hall–Kier alpha value is -3.13. The molecule has 2 bridgehead atoms. The van der Waals surface area contributed by atoms with Crippen LogP contribution in [-0.4, -0.2) is 22.9 Å². The van der Waals surface area contributed by atoms with Crippen molar-refractivity contribution in [2.45, 2.75) is 32.5 Å². The summed E-state index contributed by atoms with van der Waals surface area (Å²) in [5.74, 6) is 0.771. The number of carbonyl (C=O) groups excluding carboxylic acids is 1. The van der Waals surface area contributed by atoms with E-state index in [0.29, 0.717) is 20.8 Å². The summed E-state index contributed by atoms with van der Waals surface area (Å²) in [6.07, 6.45) is 1.71. The van der Waals surface area contributed by atoms with E-state index in [-0.39, 0.29) is 12.2 Å². The Balaban J connectivity index is 1.78. The summed E-state index contributed by atoms with van der Waals surface area (Å²) < 4.78 is 19.2. The molecule has 30 heavy (non-hydrogen) atoms. The minimum atomic E-state index is -1.17. The molecule has 0 radical (unpaired) electrons. The van der Waals surface area contributed by atoms with Gasteiger partial charge in [0.25, 0.3) is 5.56 Å². The monoisotopic (exact) mass is 424 g/mol. The van der Waals surface area contributed by atoms with Gasteiger partial charge in [-0.25, -0.2) is 4.99 Å². The number of esters is 1. The molecule has 0 N–H and O–H groups in total. The number of hydrogen-bond donors (Lipinski definition) is 0. The van der Waals surface area contributed by atoms with E-state index in [9.17, 15) is 9.59 Å². The summed E-state index contributed by atoms with van der Waals surface area (Å²) >= 11 is 1.26. The van der Waals surface area contributed by atoms with E-state index in [1.54, 1.807) is 24.5 Å². The minimum Gasteiger partial charge on any atom is -0.466 e. The van der Waals surface area contributed by atoms with Crippen molar-refractivity contribution in [2.75, 3.05) is 6.61 Å². The smallest absolute Gasteiger partial charge is 0.317 e. The number of benzene rings is 1. The summed E-state index contributed by atoms with van der Waals surface area (Å²) in [5, 5.41) is 0. The first-order valence-corrected chi connectivity index (χ1v) is 10.6. The van der Waals surface area contributed by atoms with Gasteiger partial charge in [-0.1, -0.05) is 29.5 Å². The summed E-state index contributed by atoms with van der Waals surface area (Å²) in [4.78, 5) is 31.6. The maximum absolute atomic E-state index is 13.4. The molecule has 2 aliphatic heterocycles. The molecule has 0 amide bonds. The van der Waals surface area contributed by atoms with Crippen molar-refractivity contribution in [3.05, 3.63) is 73.2 Å². The number of aromatic nitrogens is 1. The van der Waals surface area contributed by atoms with Gasteiger partial charge in [-0.05, 0) is 39.0 Å².